The van der Waals surface area contributed by atoms with Gasteiger partial charge in [0.1, 0.15) is 7.38 Å². The molecule has 0 aromatic rings. The van der Waals surface area contributed by atoms with Crippen molar-refractivity contribution in [1.82, 2.24) is 0 Å². The zero-order chi connectivity index (χ0) is 8.04. The van der Waals surface area contributed by atoms with Crippen LogP contribution in [0, 0.1) is 7.43 Å². The molecule has 0 amide bonds. The Balaban J connectivity index is -0.0000000300. The Morgan fingerprint density at radius 1 is 1.00 bits per heavy atom. The van der Waals surface area contributed by atoms with Crippen molar-refractivity contribution in [3.05, 3.63) is 7.43 Å². The molecule has 0 saturated carbocycles. The Hall–Kier alpha value is 1.95. The number of hydrogen-bond donors (Lipinski definition) is 0. The molecule has 0 aliphatic carbocycles. The maximum Gasteiger partial charge on any atom is 1.00 e. The zero-order valence-corrected chi connectivity index (χ0v) is 13.1. The summed E-state index contributed by atoms with van der Waals surface area (Å²) in [5, 5.41) is 0. The molecule has 1 fully saturated rings. The second-order valence-corrected chi connectivity index (χ2v) is 10.9. The third kappa shape index (κ3) is 48.4. The van der Waals surface area contributed by atoms with Crippen molar-refractivity contribution in [2.45, 2.75) is 32.5 Å². The first-order chi connectivity index (χ1) is 4.50. The summed E-state index contributed by atoms with van der Waals surface area (Å²) < 4.78 is 4.94. The molecule has 0 aromatic carbocycles. The molecule has 14 heavy (non-hydrogen) atoms. The number of ether oxygens (including phenoxy) is 1. The molecule has 1 saturated heterocycles. The molecule has 6 heteroatoms. The molecule has 1 heterocycles. The Kier molecular flexibility index (Phi) is 36.8. The van der Waals surface area contributed by atoms with Crippen LogP contribution in [-0.4, -0.2) is 20.6 Å². The monoisotopic (exact) mass is 245 g/mol. The van der Waals surface area contributed by atoms with E-state index < -0.39 is 7.38 Å². The van der Waals surface area contributed by atoms with Crippen LogP contribution in [0.25, 0.3) is 0 Å². The van der Waals surface area contributed by atoms with E-state index in [4.69, 9.17) is 15.8 Å². The summed E-state index contributed by atoms with van der Waals surface area (Å²) in [4.78, 5) is 0. The quantitative estimate of drug-likeness (QED) is 0.266. The Morgan fingerprint density at radius 2 is 1.21 bits per heavy atom. The van der Waals surface area contributed by atoms with Gasteiger partial charge in [-0.3, -0.25) is 0 Å². The van der Waals surface area contributed by atoms with Crippen molar-refractivity contribution in [2.75, 3.05) is 13.2 Å². The van der Waals surface area contributed by atoms with Crippen molar-refractivity contribution in [2.24, 2.45) is 0 Å². The van der Waals surface area contributed by atoms with Crippen LogP contribution >= 0.6 is 23.5 Å². The summed E-state index contributed by atoms with van der Waals surface area (Å²) >= 11 is 5.67. The van der Waals surface area contributed by atoms with Crippen LogP contribution in [-0.2, 0) is 4.74 Å². The fourth-order valence-electron chi connectivity index (χ4n) is 0.510. The van der Waals surface area contributed by atoms with Gasteiger partial charge in [-0.25, -0.2) is 0 Å². The van der Waals surface area contributed by atoms with E-state index in [9.17, 15) is 0 Å². The molecule has 1 nitrogen and oxygen atoms in total. The van der Waals surface area contributed by atoms with E-state index in [0.29, 0.717) is 0 Å². The first-order valence-corrected chi connectivity index (χ1v) is 8.28. The maximum absolute atomic E-state index is 5.67. The summed E-state index contributed by atoms with van der Waals surface area (Å²) in [6.07, 6.45) is 2.56. The normalized spacial score (nSPS) is 12.9. The van der Waals surface area contributed by atoms with Crippen molar-refractivity contribution < 1.29 is 42.5 Å². The fraction of sp³-hybridized carbons (Fsp3) is 0.875. The van der Waals surface area contributed by atoms with Gasteiger partial charge in [0.25, 0.3) is 0 Å². The van der Waals surface area contributed by atoms with E-state index in [-0.39, 0.29) is 57.6 Å². The number of hydrogen-bond acceptors (Lipinski definition) is 1. The van der Waals surface area contributed by atoms with Gasteiger partial charge in [-0.1, -0.05) is 19.6 Å². The molecule has 0 spiro atoms. The largest absolute Gasteiger partial charge is 1.00 e. The summed E-state index contributed by atoms with van der Waals surface area (Å²) in [6.45, 7) is 8.28. The van der Waals surface area contributed by atoms with Crippen LogP contribution < -0.4 is 37.7 Å². The van der Waals surface area contributed by atoms with Gasteiger partial charge in [0.05, 0.1) is 0 Å². The molecule has 0 aromatic heterocycles. The molecule has 1 rings (SSSR count). The predicted octanol–water partition coefficient (Wildman–Crippen LogP) is -2.26. The van der Waals surface area contributed by atoms with Crippen LogP contribution in [0.1, 0.15) is 12.8 Å². The molecular weight excluding hydrogens is 225 g/mol. The smallest absolute Gasteiger partial charge is 0.381 e. The van der Waals surface area contributed by atoms with Crippen molar-refractivity contribution in [3.63, 3.8) is 0 Å². The number of halogens is 2. The topological polar surface area (TPSA) is 9.23 Å². The van der Waals surface area contributed by atoms with Gasteiger partial charge in [-0.15, -0.1) is 12.4 Å². The molecule has 0 bridgehead atoms. The van der Waals surface area contributed by atoms with Gasteiger partial charge in [-0.2, -0.15) is 11.1 Å². The molecule has 78 valence electrons. The van der Waals surface area contributed by atoms with Gasteiger partial charge in [0, 0.05) is 13.2 Å². The predicted molar refractivity (Wildman–Crippen MR) is 62.9 cm³/mol. The van der Waals surface area contributed by atoms with Crippen LogP contribution in [0.3, 0.4) is 0 Å². The van der Waals surface area contributed by atoms with E-state index in [1.54, 1.807) is 0 Å². The van der Waals surface area contributed by atoms with Gasteiger partial charge >= 0.3 is 37.7 Å². The Morgan fingerprint density at radius 3 is 1.29 bits per heavy atom. The Bertz CT molecular complexity index is 74.3. The van der Waals surface area contributed by atoms with E-state index in [2.05, 4.69) is 19.6 Å². The second-order valence-electron chi connectivity index (χ2n) is 3.39. The van der Waals surface area contributed by atoms with Crippen LogP contribution in [0.2, 0.25) is 19.6 Å². The SMILES string of the molecule is C1CCOC1.C[Si](C)(C)Cl.Cl.[CH3-].[Li+].[Li+]. The Labute approximate surface area is 126 Å². The molecule has 0 unspecified atom stereocenters. The first-order valence-electron chi connectivity index (χ1n) is 3.77. The zero-order valence-electron chi connectivity index (χ0n) is 10.5. The minimum Gasteiger partial charge on any atom is -0.381 e. The summed E-state index contributed by atoms with van der Waals surface area (Å²) in [5.74, 6) is 0. The molecular formula is C8H21Cl2Li2OSi+. The van der Waals surface area contributed by atoms with E-state index in [1.807, 2.05) is 0 Å². The minimum absolute atomic E-state index is 0. The standard InChI is InChI=1S/C4H8O.C3H9ClSi.CH3.ClH.2Li/c1-2-4-5-3-1;1-5(2,3)4;;;;/h1-4H2;1-3H3;1H3;1H;;/q;;-1;;2*+1. The summed E-state index contributed by atoms with van der Waals surface area (Å²) in [5.41, 5.74) is 0. The average Bonchev–Trinajstić information content (AvgIpc) is 2.07. The van der Waals surface area contributed by atoms with Gasteiger partial charge in [0.2, 0.25) is 0 Å². The summed E-state index contributed by atoms with van der Waals surface area (Å²) in [7, 11) is -1.14. The van der Waals surface area contributed by atoms with Crippen molar-refractivity contribution in [1.29, 1.82) is 0 Å². The van der Waals surface area contributed by atoms with Crippen LogP contribution in [0.5, 0.6) is 0 Å². The minimum atomic E-state index is -1.14. The third-order valence-corrected chi connectivity index (χ3v) is 0.827. The van der Waals surface area contributed by atoms with Crippen molar-refractivity contribution >= 4 is 30.9 Å². The van der Waals surface area contributed by atoms with Gasteiger partial charge in [-0.05, 0) is 12.8 Å². The number of rotatable bonds is 0. The molecule has 1 aliphatic heterocycles. The van der Waals surface area contributed by atoms with E-state index in [0.717, 1.165) is 13.2 Å². The second kappa shape index (κ2) is 17.3. The van der Waals surface area contributed by atoms with Crippen LogP contribution in [0.4, 0.5) is 0 Å². The third-order valence-electron chi connectivity index (χ3n) is 0.827. The average molecular weight is 246 g/mol. The molecule has 0 radical (unpaired) electrons. The van der Waals surface area contributed by atoms with Gasteiger partial charge in [0.15, 0.2) is 0 Å². The van der Waals surface area contributed by atoms with Gasteiger partial charge < -0.3 is 12.2 Å². The fourth-order valence-corrected chi connectivity index (χ4v) is 0.510. The van der Waals surface area contributed by atoms with E-state index in [1.165, 1.54) is 12.8 Å². The van der Waals surface area contributed by atoms with E-state index >= 15 is 0 Å². The van der Waals surface area contributed by atoms with Crippen molar-refractivity contribution in [3.8, 4) is 0 Å². The molecule has 0 atom stereocenters. The first kappa shape index (κ1) is 29.7. The molecule has 0 N–H and O–H groups in total. The van der Waals surface area contributed by atoms with Crippen LogP contribution in [0.15, 0.2) is 0 Å². The summed E-state index contributed by atoms with van der Waals surface area (Å²) in [6, 6.07) is 0. The molecule has 1 aliphatic rings. The maximum atomic E-state index is 5.67.